The first-order valence-electron chi connectivity index (χ1n) is 7.62. The highest BCUT2D eigenvalue weighted by Crippen LogP contribution is 2.32. The minimum Gasteiger partial charge on any atom is -0.372 e. The lowest BCUT2D eigenvalue weighted by Gasteiger charge is -2.26. The number of rotatable bonds is 5. The number of pyridine rings is 1. The molecule has 0 bridgehead atoms. The summed E-state index contributed by atoms with van der Waals surface area (Å²) < 4.78 is 5.53. The molecule has 3 heteroatoms. The Hall–Kier alpha value is -1.71. The van der Waals surface area contributed by atoms with Gasteiger partial charge in [-0.2, -0.15) is 0 Å². The van der Waals surface area contributed by atoms with Crippen molar-refractivity contribution in [3.8, 4) is 0 Å². The van der Waals surface area contributed by atoms with Gasteiger partial charge < -0.3 is 10.1 Å². The highest BCUT2D eigenvalue weighted by Gasteiger charge is 2.22. The maximum Gasteiger partial charge on any atom is 0.0725 e. The molecule has 0 spiro atoms. The molecule has 1 aliphatic rings. The summed E-state index contributed by atoms with van der Waals surface area (Å²) in [6.45, 7) is 6.87. The third-order valence-electron chi connectivity index (χ3n) is 4.26. The summed E-state index contributed by atoms with van der Waals surface area (Å²) in [7, 11) is 0. The SMILES string of the molecule is CCNC(c1ccc2c(c1)COC2)C(C)c1ccncc1. The first-order valence-corrected chi connectivity index (χ1v) is 7.62. The van der Waals surface area contributed by atoms with Crippen molar-refractivity contribution in [1.82, 2.24) is 10.3 Å². The predicted octanol–water partition coefficient (Wildman–Crippen LogP) is 3.57. The van der Waals surface area contributed by atoms with Gasteiger partial charge in [-0.15, -0.1) is 0 Å². The summed E-state index contributed by atoms with van der Waals surface area (Å²) in [6.07, 6.45) is 3.73. The summed E-state index contributed by atoms with van der Waals surface area (Å²) in [5.41, 5.74) is 5.31. The van der Waals surface area contributed by atoms with Gasteiger partial charge in [0, 0.05) is 24.4 Å². The lowest BCUT2D eigenvalue weighted by atomic mass is 9.88. The molecular weight excluding hydrogens is 260 g/mol. The Labute approximate surface area is 126 Å². The smallest absolute Gasteiger partial charge is 0.0725 e. The third kappa shape index (κ3) is 2.99. The maximum atomic E-state index is 5.53. The molecule has 3 rings (SSSR count). The summed E-state index contributed by atoms with van der Waals surface area (Å²) in [5, 5.41) is 3.63. The molecule has 0 aliphatic carbocycles. The molecule has 0 radical (unpaired) electrons. The van der Waals surface area contributed by atoms with Crippen molar-refractivity contribution in [3.05, 3.63) is 65.0 Å². The molecule has 1 N–H and O–H groups in total. The minimum absolute atomic E-state index is 0.309. The van der Waals surface area contributed by atoms with E-state index in [1.54, 1.807) is 0 Å². The van der Waals surface area contributed by atoms with Crippen molar-refractivity contribution in [1.29, 1.82) is 0 Å². The lowest BCUT2D eigenvalue weighted by molar-refractivity contribution is 0.134. The van der Waals surface area contributed by atoms with Gasteiger partial charge in [0.1, 0.15) is 0 Å². The molecule has 1 aliphatic heterocycles. The standard InChI is InChI=1S/C18H22N2O/c1-3-20-18(13(2)14-6-8-19-9-7-14)15-4-5-16-11-21-12-17(16)10-15/h4-10,13,18,20H,3,11-12H2,1-2H3. The fourth-order valence-electron chi connectivity index (χ4n) is 3.05. The molecule has 1 aromatic carbocycles. The molecule has 2 heterocycles. The van der Waals surface area contributed by atoms with E-state index in [0.29, 0.717) is 12.0 Å². The number of hydrogen-bond donors (Lipinski definition) is 1. The molecule has 0 fully saturated rings. The van der Waals surface area contributed by atoms with Crippen LogP contribution < -0.4 is 5.32 Å². The zero-order valence-electron chi connectivity index (χ0n) is 12.7. The fourth-order valence-corrected chi connectivity index (χ4v) is 3.05. The normalized spacial score (nSPS) is 16.5. The Morgan fingerprint density at radius 1 is 1.10 bits per heavy atom. The Bertz CT molecular complexity index is 597. The molecule has 2 unspecified atom stereocenters. The van der Waals surface area contributed by atoms with Crippen LogP contribution in [0.25, 0.3) is 0 Å². The van der Waals surface area contributed by atoms with Crippen LogP contribution in [-0.4, -0.2) is 11.5 Å². The van der Waals surface area contributed by atoms with Crippen LogP contribution >= 0.6 is 0 Å². The van der Waals surface area contributed by atoms with Crippen molar-refractivity contribution in [3.63, 3.8) is 0 Å². The van der Waals surface area contributed by atoms with E-state index < -0.39 is 0 Å². The van der Waals surface area contributed by atoms with Crippen LogP contribution in [0.1, 0.15) is 48.1 Å². The van der Waals surface area contributed by atoms with Gasteiger partial charge in [-0.3, -0.25) is 4.98 Å². The number of likely N-dealkylation sites (N-methyl/N-ethyl adjacent to an activating group) is 1. The van der Waals surface area contributed by atoms with E-state index in [1.807, 2.05) is 12.4 Å². The topological polar surface area (TPSA) is 34.1 Å². The first-order chi connectivity index (χ1) is 10.3. The van der Waals surface area contributed by atoms with Crippen LogP contribution in [0.2, 0.25) is 0 Å². The molecule has 0 amide bonds. The van der Waals surface area contributed by atoms with E-state index in [1.165, 1.54) is 22.3 Å². The Kier molecular flexibility index (Phi) is 4.32. The van der Waals surface area contributed by atoms with Gasteiger partial charge in [0.15, 0.2) is 0 Å². The van der Waals surface area contributed by atoms with Gasteiger partial charge in [-0.1, -0.05) is 32.0 Å². The van der Waals surface area contributed by atoms with Crippen molar-refractivity contribution in [2.24, 2.45) is 0 Å². The summed E-state index contributed by atoms with van der Waals surface area (Å²) in [6, 6.07) is 11.3. The molecule has 2 atom stereocenters. The average Bonchev–Trinajstić information content (AvgIpc) is 3.00. The summed E-state index contributed by atoms with van der Waals surface area (Å²) >= 11 is 0. The van der Waals surface area contributed by atoms with Gasteiger partial charge >= 0.3 is 0 Å². The van der Waals surface area contributed by atoms with Crippen LogP contribution in [0, 0.1) is 0 Å². The van der Waals surface area contributed by atoms with Crippen molar-refractivity contribution in [2.75, 3.05) is 6.54 Å². The maximum absolute atomic E-state index is 5.53. The van der Waals surface area contributed by atoms with Gasteiger partial charge in [0.2, 0.25) is 0 Å². The average molecular weight is 282 g/mol. The zero-order valence-corrected chi connectivity index (χ0v) is 12.7. The molecular formula is C18H22N2O. The highest BCUT2D eigenvalue weighted by atomic mass is 16.5. The molecule has 2 aromatic rings. The lowest BCUT2D eigenvalue weighted by Crippen LogP contribution is -2.26. The Balaban J connectivity index is 1.90. The fraction of sp³-hybridized carbons (Fsp3) is 0.389. The third-order valence-corrected chi connectivity index (χ3v) is 4.26. The molecule has 110 valence electrons. The largest absolute Gasteiger partial charge is 0.372 e. The van der Waals surface area contributed by atoms with Crippen LogP contribution in [-0.2, 0) is 18.0 Å². The zero-order chi connectivity index (χ0) is 14.7. The van der Waals surface area contributed by atoms with E-state index in [2.05, 4.69) is 54.5 Å². The van der Waals surface area contributed by atoms with Crippen LogP contribution in [0.5, 0.6) is 0 Å². The van der Waals surface area contributed by atoms with Gasteiger partial charge in [0.25, 0.3) is 0 Å². The molecule has 0 saturated carbocycles. The van der Waals surface area contributed by atoms with E-state index >= 15 is 0 Å². The first kappa shape index (κ1) is 14.2. The molecule has 1 aromatic heterocycles. The predicted molar refractivity (Wildman–Crippen MR) is 84.0 cm³/mol. The second-order valence-electron chi connectivity index (χ2n) is 5.63. The quantitative estimate of drug-likeness (QED) is 0.910. The van der Waals surface area contributed by atoms with Gasteiger partial charge in [0.05, 0.1) is 13.2 Å². The van der Waals surface area contributed by atoms with Crippen LogP contribution in [0.15, 0.2) is 42.7 Å². The van der Waals surface area contributed by atoms with E-state index in [4.69, 9.17) is 4.74 Å². The molecule has 21 heavy (non-hydrogen) atoms. The van der Waals surface area contributed by atoms with Crippen molar-refractivity contribution >= 4 is 0 Å². The van der Waals surface area contributed by atoms with E-state index in [9.17, 15) is 0 Å². The monoisotopic (exact) mass is 282 g/mol. The van der Waals surface area contributed by atoms with Crippen molar-refractivity contribution in [2.45, 2.75) is 39.0 Å². The van der Waals surface area contributed by atoms with Gasteiger partial charge in [-0.05, 0) is 40.9 Å². The number of aromatic nitrogens is 1. The molecule has 0 saturated heterocycles. The second-order valence-corrected chi connectivity index (χ2v) is 5.63. The number of hydrogen-bond acceptors (Lipinski definition) is 3. The second kappa shape index (κ2) is 6.37. The number of nitrogens with one attached hydrogen (secondary N) is 1. The number of benzene rings is 1. The minimum atomic E-state index is 0.309. The van der Waals surface area contributed by atoms with Crippen LogP contribution in [0.4, 0.5) is 0 Å². The highest BCUT2D eigenvalue weighted by molar-refractivity contribution is 5.36. The number of ether oxygens (including phenoxy) is 1. The summed E-state index contributed by atoms with van der Waals surface area (Å²) in [4.78, 5) is 4.12. The number of nitrogens with zero attached hydrogens (tertiary/aromatic N) is 1. The van der Waals surface area contributed by atoms with Gasteiger partial charge in [-0.25, -0.2) is 0 Å². The van der Waals surface area contributed by atoms with Crippen LogP contribution in [0.3, 0.4) is 0 Å². The Morgan fingerprint density at radius 2 is 1.86 bits per heavy atom. The molecule has 3 nitrogen and oxygen atoms in total. The van der Waals surface area contributed by atoms with E-state index in [0.717, 1.165) is 19.8 Å². The summed E-state index contributed by atoms with van der Waals surface area (Å²) in [5.74, 6) is 0.397. The van der Waals surface area contributed by atoms with E-state index in [-0.39, 0.29) is 0 Å². The Morgan fingerprint density at radius 3 is 2.62 bits per heavy atom. The van der Waals surface area contributed by atoms with Crippen molar-refractivity contribution < 1.29 is 4.74 Å². The number of fused-ring (bicyclic) bond motifs is 1.